The van der Waals surface area contributed by atoms with Gasteiger partial charge in [-0.15, -0.1) is 0 Å². The Balaban J connectivity index is 3.08. The molecule has 0 unspecified atom stereocenters. The number of rotatable bonds is 8. The molecule has 0 bridgehead atoms. The molecule has 0 saturated heterocycles. The lowest BCUT2D eigenvalue weighted by Crippen LogP contribution is -2.33. The molecule has 0 heterocycles. The molecule has 5 nitrogen and oxygen atoms in total. The number of nitrogens with one attached hydrogen (secondary N) is 1. The minimum atomic E-state index is -4.78. The maximum Gasteiger partial charge on any atom is 0.416 e. The van der Waals surface area contributed by atoms with Crippen molar-refractivity contribution in [3.8, 4) is 0 Å². The SMILES string of the molecule is C=CN(CCC(C)(F)F)/C(Cl)=C(\C)C(=O)NS(=O)(=O)c1cccc(C(F)(F)F)c1. The van der Waals surface area contributed by atoms with Crippen LogP contribution in [0.5, 0.6) is 0 Å². The molecule has 0 saturated carbocycles. The van der Waals surface area contributed by atoms with E-state index in [1.165, 1.54) is 0 Å². The van der Waals surface area contributed by atoms with E-state index in [0.29, 0.717) is 19.1 Å². The molecule has 0 aromatic heterocycles. The average molecular weight is 461 g/mol. The van der Waals surface area contributed by atoms with Crippen LogP contribution >= 0.6 is 11.6 Å². The standard InChI is InChI=1S/C17H18ClF5N2O3S/c1-4-25(9-8-16(3,19)20)14(18)11(2)15(26)24-29(27,28)13-7-5-6-12(10-13)17(21,22)23/h4-7,10H,1,8-9H2,2-3H3,(H,24,26)/b14-11+. The molecule has 0 radical (unpaired) electrons. The lowest BCUT2D eigenvalue weighted by atomic mass is 10.2. The van der Waals surface area contributed by atoms with E-state index in [1.54, 1.807) is 4.72 Å². The predicted octanol–water partition coefficient (Wildman–Crippen LogP) is 4.47. The first-order valence-corrected chi connectivity index (χ1v) is 9.82. The number of hydrogen-bond donors (Lipinski definition) is 1. The van der Waals surface area contributed by atoms with Crippen molar-refractivity contribution in [1.82, 2.24) is 9.62 Å². The van der Waals surface area contributed by atoms with Crippen molar-refractivity contribution in [2.24, 2.45) is 0 Å². The Hall–Kier alpha value is -2.14. The van der Waals surface area contributed by atoms with Gasteiger partial charge < -0.3 is 4.90 Å². The summed E-state index contributed by atoms with van der Waals surface area (Å²) >= 11 is 5.97. The van der Waals surface area contributed by atoms with Crippen molar-refractivity contribution in [2.75, 3.05) is 6.54 Å². The Morgan fingerprint density at radius 2 is 1.86 bits per heavy atom. The van der Waals surface area contributed by atoms with Crippen molar-refractivity contribution in [3.63, 3.8) is 0 Å². The first kappa shape index (κ1) is 24.9. The zero-order valence-corrected chi connectivity index (χ0v) is 16.9. The van der Waals surface area contributed by atoms with Gasteiger partial charge in [0, 0.05) is 13.0 Å². The molecule has 1 N–H and O–H groups in total. The number of amides is 1. The summed E-state index contributed by atoms with van der Waals surface area (Å²) in [5.74, 6) is -4.25. The zero-order chi connectivity index (χ0) is 22.6. The van der Waals surface area contributed by atoms with Crippen LogP contribution in [0.1, 0.15) is 25.8 Å². The fraction of sp³-hybridized carbons (Fsp3) is 0.353. The quantitative estimate of drug-likeness (QED) is 0.353. The van der Waals surface area contributed by atoms with Gasteiger partial charge in [0.25, 0.3) is 15.9 Å². The maximum absolute atomic E-state index is 13.0. The Kier molecular flexibility index (Phi) is 7.83. The Morgan fingerprint density at radius 1 is 1.28 bits per heavy atom. The molecule has 29 heavy (non-hydrogen) atoms. The van der Waals surface area contributed by atoms with Crippen LogP contribution in [0, 0.1) is 0 Å². The minimum Gasteiger partial charge on any atom is -0.339 e. The molecule has 0 atom stereocenters. The number of carbonyl (C=O) groups is 1. The van der Waals surface area contributed by atoms with Gasteiger partial charge in [0.2, 0.25) is 5.92 Å². The van der Waals surface area contributed by atoms with Gasteiger partial charge in [-0.25, -0.2) is 21.9 Å². The molecule has 0 aliphatic rings. The molecule has 0 spiro atoms. The van der Waals surface area contributed by atoms with E-state index in [9.17, 15) is 35.2 Å². The Morgan fingerprint density at radius 3 is 2.34 bits per heavy atom. The summed E-state index contributed by atoms with van der Waals surface area (Å²) < 4.78 is 90.4. The first-order chi connectivity index (χ1) is 13.1. The molecule has 0 aliphatic heterocycles. The summed E-state index contributed by atoms with van der Waals surface area (Å²) in [6.07, 6.45) is -4.32. The van der Waals surface area contributed by atoms with Crippen LogP contribution in [0.4, 0.5) is 22.0 Å². The Bertz CT molecular complexity index is 908. The number of carbonyl (C=O) groups excluding carboxylic acids is 1. The molecule has 1 rings (SSSR count). The first-order valence-electron chi connectivity index (χ1n) is 7.96. The minimum absolute atomic E-state index is 0.309. The molecule has 0 fully saturated rings. The fourth-order valence-corrected chi connectivity index (χ4v) is 3.29. The second-order valence-electron chi connectivity index (χ2n) is 6.07. The van der Waals surface area contributed by atoms with E-state index in [1.807, 2.05) is 0 Å². The molecule has 1 amide bonds. The van der Waals surface area contributed by atoms with Crippen LogP contribution in [0.25, 0.3) is 0 Å². The normalized spacial score (nSPS) is 13.5. The van der Waals surface area contributed by atoms with Gasteiger partial charge >= 0.3 is 6.18 Å². The smallest absolute Gasteiger partial charge is 0.339 e. The van der Waals surface area contributed by atoms with Gasteiger partial charge in [-0.3, -0.25) is 4.79 Å². The third kappa shape index (κ3) is 7.32. The highest BCUT2D eigenvalue weighted by molar-refractivity contribution is 7.90. The number of benzene rings is 1. The summed E-state index contributed by atoms with van der Waals surface area (Å²) in [5, 5.41) is -0.360. The van der Waals surface area contributed by atoms with Crippen LogP contribution in [0.15, 0.2) is 52.7 Å². The van der Waals surface area contributed by atoms with E-state index in [2.05, 4.69) is 6.58 Å². The van der Waals surface area contributed by atoms with Gasteiger partial charge in [0.15, 0.2) is 0 Å². The van der Waals surface area contributed by atoms with Gasteiger partial charge in [-0.1, -0.05) is 24.2 Å². The molecule has 1 aromatic rings. The van der Waals surface area contributed by atoms with E-state index in [0.717, 1.165) is 30.2 Å². The zero-order valence-electron chi connectivity index (χ0n) is 15.4. The van der Waals surface area contributed by atoms with Crippen molar-refractivity contribution >= 4 is 27.5 Å². The largest absolute Gasteiger partial charge is 0.416 e. The van der Waals surface area contributed by atoms with Crippen LogP contribution in [-0.4, -0.2) is 31.7 Å². The van der Waals surface area contributed by atoms with E-state index < -0.39 is 44.9 Å². The third-order valence-electron chi connectivity index (χ3n) is 3.61. The van der Waals surface area contributed by atoms with Gasteiger partial charge in [0.1, 0.15) is 5.16 Å². The summed E-state index contributed by atoms with van der Waals surface area (Å²) in [6, 6.07) is 2.80. The second kappa shape index (κ2) is 9.12. The summed E-state index contributed by atoms with van der Waals surface area (Å²) in [4.78, 5) is 12.4. The molecule has 0 aliphatic carbocycles. The highest BCUT2D eigenvalue weighted by atomic mass is 35.5. The van der Waals surface area contributed by atoms with Crippen LogP contribution in [-0.2, 0) is 21.0 Å². The number of sulfonamides is 1. The summed E-state index contributed by atoms with van der Waals surface area (Å²) in [7, 11) is -4.65. The number of hydrogen-bond acceptors (Lipinski definition) is 4. The topological polar surface area (TPSA) is 66.5 Å². The Labute approximate surface area is 169 Å². The van der Waals surface area contributed by atoms with Gasteiger partial charge in [-0.05, 0) is 38.2 Å². The van der Waals surface area contributed by atoms with E-state index >= 15 is 0 Å². The molecule has 162 valence electrons. The summed E-state index contributed by atoms with van der Waals surface area (Å²) in [5.41, 5.74) is -1.57. The third-order valence-corrected chi connectivity index (χ3v) is 5.44. The van der Waals surface area contributed by atoms with Crippen molar-refractivity contribution in [2.45, 2.75) is 37.3 Å². The molecule has 1 aromatic carbocycles. The van der Waals surface area contributed by atoms with Crippen LogP contribution in [0.3, 0.4) is 0 Å². The molecule has 12 heteroatoms. The average Bonchev–Trinajstić information content (AvgIpc) is 2.59. The number of halogens is 6. The number of nitrogens with zero attached hydrogens (tertiary/aromatic N) is 1. The monoisotopic (exact) mass is 460 g/mol. The van der Waals surface area contributed by atoms with Crippen molar-refractivity contribution in [3.05, 3.63) is 53.3 Å². The van der Waals surface area contributed by atoms with Gasteiger partial charge in [-0.2, -0.15) is 13.2 Å². The van der Waals surface area contributed by atoms with Gasteiger partial charge in [0.05, 0.1) is 16.0 Å². The van der Waals surface area contributed by atoms with Crippen molar-refractivity contribution < 1.29 is 35.2 Å². The molecular weight excluding hydrogens is 443 g/mol. The van der Waals surface area contributed by atoms with E-state index in [-0.39, 0.29) is 17.3 Å². The maximum atomic E-state index is 13.0. The highest BCUT2D eigenvalue weighted by Gasteiger charge is 2.32. The highest BCUT2D eigenvalue weighted by Crippen LogP contribution is 2.30. The van der Waals surface area contributed by atoms with Crippen molar-refractivity contribution in [1.29, 1.82) is 0 Å². The fourth-order valence-electron chi connectivity index (χ4n) is 1.99. The van der Waals surface area contributed by atoms with Crippen LogP contribution in [0.2, 0.25) is 0 Å². The van der Waals surface area contributed by atoms with E-state index in [4.69, 9.17) is 11.6 Å². The molecular formula is C17H18ClF5N2O3S. The number of alkyl halides is 5. The predicted molar refractivity (Wildman–Crippen MR) is 97.5 cm³/mol. The second-order valence-corrected chi connectivity index (χ2v) is 8.11. The lowest BCUT2D eigenvalue weighted by Gasteiger charge is -2.22. The lowest BCUT2D eigenvalue weighted by molar-refractivity contribution is -0.137. The summed E-state index contributed by atoms with van der Waals surface area (Å²) in [6.45, 7) is 4.89. The van der Waals surface area contributed by atoms with Crippen LogP contribution < -0.4 is 4.72 Å².